The fraction of sp³-hybridized carbons (Fsp3) is 0.0714. The van der Waals surface area contributed by atoms with Gasteiger partial charge in [-0.1, -0.05) is 18.2 Å². The van der Waals surface area contributed by atoms with Crippen molar-refractivity contribution in [3.05, 3.63) is 54.2 Å². The number of aromatic hydroxyl groups is 1. The Morgan fingerprint density at radius 3 is 2.94 bits per heavy atom. The predicted octanol–water partition coefficient (Wildman–Crippen LogP) is 2.88. The van der Waals surface area contributed by atoms with Gasteiger partial charge >= 0.3 is 0 Å². The molecule has 0 saturated heterocycles. The van der Waals surface area contributed by atoms with Crippen LogP contribution < -0.4 is 5.32 Å². The van der Waals surface area contributed by atoms with E-state index in [0.29, 0.717) is 12.3 Å². The molecule has 3 aromatic rings. The fourth-order valence-corrected chi connectivity index (χ4v) is 1.91. The lowest BCUT2D eigenvalue weighted by molar-refractivity contribution is 0.469. The third-order valence-corrected chi connectivity index (χ3v) is 2.91. The highest BCUT2D eigenvalue weighted by Crippen LogP contribution is 2.20. The Balaban J connectivity index is 1.78. The predicted molar refractivity (Wildman–Crippen MR) is 71.5 cm³/mol. The summed E-state index contributed by atoms with van der Waals surface area (Å²) in [6.45, 7) is 0.593. The topological polar surface area (TPSA) is 60.9 Å². The monoisotopic (exact) mass is 239 g/mol. The summed E-state index contributed by atoms with van der Waals surface area (Å²) in [5.74, 6) is 0.314. The van der Waals surface area contributed by atoms with Crippen molar-refractivity contribution in [2.24, 2.45) is 0 Å². The zero-order valence-electron chi connectivity index (χ0n) is 9.72. The Kier molecular flexibility index (Phi) is 2.61. The van der Waals surface area contributed by atoms with Gasteiger partial charge in [0.05, 0.1) is 11.7 Å². The molecule has 4 heteroatoms. The molecule has 2 aromatic carbocycles. The molecule has 0 amide bonds. The zero-order chi connectivity index (χ0) is 12.4. The molecule has 0 aliphatic heterocycles. The van der Waals surface area contributed by atoms with Crippen LogP contribution in [0.4, 0.5) is 5.69 Å². The number of anilines is 1. The van der Waals surface area contributed by atoms with E-state index in [4.69, 9.17) is 0 Å². The molecular weight excluding hydrogens is 226 g/mol. The highest BCUT2D eigenvalue weighted by molar-refractivity contribution is 5.81. The first-order valence-corrected chi connectivity index (χ1v) is 5.77. The molecule has 0 unspecified atom stereocenters. The SMILES string of the molecule is Oc1ccccc1CNc1ccc2[nH]ncc2c1. The first-order chi connectivity index (χ1) is 8.83. The van der Waals surface area contributed by atoms with E-state index < -0.39 is 0 Å². The van der Waals surface area contributed by atoms with Gasteiger partial charge in [-0.25, -0.2) is 0 Å². The van der Waals surface area contributed by atoms with Gasteiger partial charge in [-0.05, 0) is 24.3 Å². The van der Waals surface area contributed by atoms with Crippen molar-refractivity contribution in [1.82, 2.24) is 10.2 Å². The molecule has 0 fully saturated rings. The summed E-state index contributed by atoms with van der Waals surface area (Å²) in [6.07, 6.45) is 1.79. The molecule has 0 saturated carbocycles. The third kappa shape index (κ3) is 2.00. The van der Waals surface area contributed by atoms with Gasteiger partial charge < -0.3 is 10.4 Å². The van der Waals surface area contributed by atoms with Crippen molar-refractivity contribution >= 4 is 16.6 Å². The van der Waals surface area contributed by atoms with Gasteiger partial charge in [-0.15, -0.1) is 0 Å². The van der Waals surface area contributed by atoms with E-state index in [1.54, 1.807) is 12.3 Å². The average molecular weight is 239 g/mol. The van der Waals surface area contributed by atoms with Crippen molar-refractivity contribution in [3.63, 3.8) is 0 Å². The number of nitrogens with one attached hydrogen (secondary N) is 2. The molecular formula is C14H13N3O. The van der Waals surface area contributed by atoms with Gasteiger partial charge in [-0.2, -0.15) is 5.10 Å². The van der Waals surface area contributed by atoms with Crippen molar-refractivity contribution in [2.45, 2.75) is 6.54 Å². The number of rotatable bonds is 3. The number of fused-ring (bicyclic) bond motifs is 1. The molecule has 4 nitrogen and oxygen atoms in total. The molecule has 3 N–H and O–H groups in total. The Morgan fingerprint density at radius 2 is 2.06 bits per heavy atom. The van der Waals surface area contributed by atoms with Crippen molar-refractivity contribution in [2.75, 3.05) is 5.32 Å². The zero-order valence-corrected chi connectivity index (χ0v) is 9.72. The molecule has 0 bridgehead atoms. The van der Waals surface area contributed by atoms with E-state index >= 15 is 0 Å². The van der Waals surface area contributed by atoms with E-state index in [1.807, 2.05) is 36.4 Å². The summed E-state index contributed by atoms with van der Waals surface area (Å²) in [5, 5.41) is 20.9. The minimum Gasteiger partial charge on any atom is -0.508 e. The third-order valence-electron chi connectivity index (χ3n) is 2.91. The summed E-state index contributed by atoms with van der Waals surface area (Å²) in [6, 6.07) is 13.3. The summed E-state index contributed by atoms with van der Waals surface area (Å²) >= 11 is 0. The van der Waals surface area contributed by atoms with E-state index in [2.05, 4.69) is 15.5 Å². The Morgan fingerprint density at radius 1 is 1.17 bits per heavy atom. The number of phenolic OH excluding ortho intramolecular Hbond substituents is 1. The van der Waals surface area contributed by atoms with E-state index in [-0.39, 0.29) is 0 Å². The van der Waals surface area contributed by atoms with Crippen LogP contribution in [0.2, 0.25) is 0 Å². The number of H-pyrrole nitrogens is 1. The van der Waals surface area contributed by atoms with E-state index in [1.165, 1.54) is 0 Å². The summed E-state index contributed by atoms with van der Waals surface area (Å²) in [7, 11) is 0. The van der Waals surface area contributed by atoms with E-state index in [0.717, 1.165) is 22.2 Å². The van der Waals surface area contributed by atoms with Gasteiger partial charge in [0.2, 0.25) is 0 Å². The number of aromatic amines is 1. The molecule has 3 rings (SSSR count). The molecule has 1 heterocycles. The fourth-order valence-electron chi connectivity index (χ4n) is 1.91. The van der Waals surface area contributed by atoms with Crippen LogP contribution in [0, 0.1) is 0 Å². The molecule has 0 radical (unpaired) electrons. The van der Waals surface area contributed by atoms with Crippen LogP contribution in [0.15, 0.2) is 48.7 Å². The second-order valence-electron chi connectivity index (χ2n) is 4.15. The van der Waals surface area contributed by atoms with Gasteiger partial charge in [0.25, 0.3) is 0 Å². The molecule has 18 heavy (non-hydrogen) atoms. The molecule has 0 atom stereocenters. The Labute approximate surface area is 104 Å². The van der Waals surface area contributed by atoms with E-state index in [9.17, 15) is 5.11 Å². The maximum atomic E-state index is 9.67. The lowest BCUT2D eigenvalue weighted by Crippen LogP contribution is -1.99. The highest BCUT2D eigenvalue weighted by atomic mass is 16.3. The van der Waals surface area contributed by atoms with Crippen molar-refractivity contribution < 1.29 is 5.11 Å². The number of phenols is 1. The van der Waals surface area contributed by atoms with Gasteiger partial charge in [-0.3, -0.25) is 5.10 Å². The first-order valence-electron chi connectivity index (χ1n) is 5.77. The smallest absolute Gasteiger partial charge is 0.120 e. The number of aromatic nitrogens is 2. The minimum atomic E-state index is 0.314. The maximum Gasteiger partial charge on any atom is 0.120 e. The average Bonchev–Trinajstić information content (AvgIpc) is 2.85. The first kappa shape index (κ1) is 10.7. The van der Waals surface area contributed by atoms with Crippen LogP contribution >= 0.6 is 0 Å². The van der Waals surface area contributed by atoms with Gasteiger partial charge in [0.15, 0.2) is 0 Å². The second kappa shape index (κ2) is 4.41. The molecule has 1 aromatic heterocycles. The number of nitrogens with zero attached hydrogens (tertiary/aromatic N) is 1. The minimum absolute atomic E-state index is 0.314. The lowest BCUT2D eigenvalue weighted by atomic mass is 10.2. The van der Waals surface area contributed by atoms with Gasteiger partial charge in [0, 0.05) is 23.2 Å². The summed E-state index contributed by atoms with van der Waals surface area (Å²) in [4.78, 5) is 0. The quantitative estimate of drug-likeness (QED) is 0.658. The summed E-state index contributed by atoms with van der Waals surface area (Å²) in [5.41, 5.74) is 2.90. The maximum absolute atomic E-state index is 9.67. The molecule has 0 aliphatic carbocycles. The molecule has 0 aliphatic rings. The Bertz CT molecular complexity index is 675. The number of hydrogen-bond donors (Lipinski definition) is 3. The molecule has 0 spiro atoms. The van der Waals surface area contributed by atoms with Crippen molar-refractivity contribution in [3.8, 4) is 5.75 Å². The summed E-state index contributed by atoms with van der Waals surface area (Å²) < 4.78 is 0. The van der Waals surface area contributed by atoms with Crippen LogP contribution in [-0.4, -0.2) is 15.3 Å². The Hall–Kier alpha value is -2.49. The van der Waals surface area contributed by atoms with Gasteiger partial charge in [0.1, 0.15) is 5.75 Å². The molecule has 90 valence electrons. The largest absolute Gasteiger partial charge is 0.508 e. The number of hydrogen-bond acceptors (Lipinski definition) is 3. The second-order valence-corrected chi connectivity index (χ2v) is 4.15. The van der Waals surface area contributed by atoms with Crippen LogP contribution in [0.3, 0.4) is 0 Å². The number of para-hydroxylation sites is 1. The number of benzene rings is 2. The standard InChI is InChI=1S/C14H13N3O/c18-14-4-2-1-3-10(14)8-15-12-5-6-13-11(7-12)9-16-17-13/h1-7,9,15,18H,8H2,(H,16,17). The van der Waals surface area contributed by atoms with Crippen LogP contribution in [0.5, 0.6) is 5.75 Å². The normalized spacial score (nSPS) is 10.7. The van der Waals surface area contributed by atoms with Crippen LogP contribution in [0.25, 0.3) is 10.9 Å². The van der Waals surface area contributed by atoms with Crippen LogP contribution in [0.1, 0.15) is 5.56 Å². The van der Waals surface area contributed by atoms with Crippen LogP contribution in [-0.2, 0) is 6.54 Å². The lowest BCUT2D eigenvalue weighted by Gasteiger charge is -2.08. The highest BCUT2D eigenvalue weighted by Gasteiger charge is 2.01. The van der Waals surface area contributed by atoms with Crippen molar-refractivity contribution in [1.29, 1.82) is 0 Å².